The Kier molecular flexibility index (Phi) is 13.0. The molecule has 2 aliphatic heterocycles. The number of alkyl carbamates (subject to hydrolysis) is 1. The number of nitrogens with zero attached hydrogens (tertiary/aromatic N) is 2. The van der Waals surface area contributed by atoms with Crippen LogP contribution in [0.15, 0.2) is 140 Å². The number of hydrogen-bond acceptors (Lipinski definition) is 9. The predicted octanol–water partition coefficient (Wildman–Crippen LogP) is 7.36. The Balaban J connectivity index is 1.12. The molecule has 8 rings (SSSR count). The summed E-state index contributed by atoms with van der Waals surface area (Å²) in [6.45, 7) is 2.19. The van der Waals surface area contributed by atoms with Crippen molar-refractivity contribution < 1.29 is 38.1 Å². The van der Waals surface area contributed by atoms with E-state index in [9.17, 15) is 19.2 Å². The number of carbonyl (C=O) groups is 4. The topological polar surface area (TPSA) is 145 Å². The quantitative estimate of drug-likeness (QED) is 0.135. The van der Waals surface area contributed by atoms with Gasteiger partial charge in [0, 0.05) is 36.3 Å². The van der Waals surface area contributed by atoms with Crippen LogP contribution in [0, 0.1) is 0 Å². The van der Waals surface area contributed by atoms with E-state index in [1.54, 1.807) is 18.2 Å². The summed E-state index contributed by atoms with van der Waals surface area (Å²) in [6, 6.07) is 40.1. The number of aromatic nitrogens is 1. The molecule has 0 unspecified atom stereocenters. The fourth-order valence-corrected chi connectivity index (χ4v) is 7.82. The molecule has 4 atom stereocenters. The van der Waals surface area contributed by atoms with Crippen molar-refractivity contribution >= 4 is 34.8 Å². The Hall–Kier alpha value is -7.21. The molecule has 1 aromatic heterocycles. The van der Waals surface area contributed by atoms with Crippen molar-refractivity contribution in [2.24, 2.45) is 0 Å². The number of esters is 1. The van der Waals surface area contributed by atoms with Gasteiger partial charge < -0.3 is 34.5 Å². The first-order valence-electron chi connectivity index (χ1n) is 21.0. The standard InChI is InChI=1S/C50H48N4O8/c1-2-33-21-22-40-43(26-33)51-42(37-18-10-5-11-19-37)29-46(40)62-39-28-45-47(55)52-41(49(57)60-31-34-13-6-3-7-14-34)23-24-59-38-20-12-17-36(25-38)27-44(48(56)54(45)30-39)53-50(58)61-32-35-15-8-4-9-16-35/h3-22,25-26,29,39,41,44-45H,2,23-24,27-28,30-32H2,1H3,(H,52,55)(H,53,58)/t39-,41+,44+,45+/m1/s1. The maximum atomic E-state index is 14.9. The average molecular weight is 833 g/mol. The van der Waals surface area contributed by atoms with Gasteiger partial charge in [-0.3, -0.25) is 9.59 Å². The average Bonchev–Trinajstić information content (AvgIpc) is 3.73. The first kappa shape index (κ1) is 41.5. The highest BCUT2D eigenvalue weighted by Crippen LogP contribution is 2.34. The highest BCUT2D eigenvalue weighted by molar-refractivity contribution is 5.94. The summed E-state index contributed by atoms with van der Waals surface area (Å²) in [7, 11) is 0. The minimum absolute atomic E-state index is 0.00602. The van der Waals surface area contributed by atoms with Crippen LogP contribution in [-0.4, -0.2) is 71.1 Å². The van der Waals surface area contributed by atoms with Crippen molar-refractivity contribution in [2.75, 3.05) is 13.2 Å². The van der Waals surface area contributed by atoms with Gasteiger partial charge in [0.15, 0.2) is 0 Å². The van der Waals surface area contributed by atoms with Crippen LogP contribution in [0.3, 0.4) is 0 Å². The van der Waals surface area contributed by atoms with Crippen molar-refractivity contribution in [3.8, 4) is 22.8 Å². The first-order valence-corrected chi connectivity index (χ1v) is 21.0. The summed E-state index contributed by atoms with van der Waals surface area (Å²) in [5.74, 6) is -0.672. The molecule has 62 heavy (non-hydrogen) atoms. The van der Waals surface area contributed by atoms with Gasteiger partial charge in [0.1, 0.15) is 48.9 Å². The minimum Gasteiger partial charge on any atom is -0.493 e. The van der Waals surface area contributed by atoms with Crippen LogP contribution in [0.1, 0.15) is 42.0 Å². The summed E-state index contributed by atoms with van der Waals surface area (Å²) < 4.78 is 24.2. The second-order valence-electron chi connectivity index (χ2n) is 15.5. The summed E-state index contributed by atoms with van der Waals surface area (Å²) in [5, 5.41) is 6.47. The number of pyridine rings is 1. The lowest BCUT2D eigenvalue weighted by Gasteiger charge is -2.30. The lowest BCUT2D eigenvalue weighted by molar-refractivity contribution is -0.150. The van der Waals surface area contributed by atoms with Crippen LogP contribution in [-0.2, 0) is 49.9 Å². The van der Waals surface area contributed by atoms with E-state index in [0.29, 0.717) is 22.8 Å². The van der Waals surface area contributed by atoms with Crippen molar-refractivity contribution in [3.05, 3.63) is 162 Å². The zero-order chi connectivity index (χ0) is 42.8. The molecule has 2 N–H and O–H groups in total. The SMILES string of the molecule is CCc1ccc2c(O[C@@H]3C[C@H]4C(=O)N[C@H](C(=O)OCc5ccccc5)CCOc5cccc(c5)C[C@H](NC(=O)OCc5ccccc5)C(=O)N4C3)cc(-c3ccccc3)nc2c1. The Morgan fingerprint density at radius 1 is 0.806 bits per heavy atom. The second-order valence-corrected chi connectivity index (χ2v) is 15.5. The van der Waals surface area contributed by atoms with Crippen LogP contribution in [0.25, 0.3) is 22.2 Å². The molecule has 316 valence electrons. The molecular formula is C50H48N4O8. The smallest absolute Gasteiger partial charge is 0.408 e. The van der Waals surface area contributed by atoms with Gasteiger partial charge in [-0.2, -0.15) is 0 Å². The fraction of sp³-hybridized carbons (Fsp3) is 0.260. The van der Waals surface area contributed by atoms with E-state index in [2.05, 4.69) is 17.6 Å². The van der Waals surface area contributed by atoms with Crippen LogP contribution < -0.4 is 20.1 Å². The molecule has 0 saturated carbocycles. The molecule has 6 aromatic rings. The zero-order valence-electron chi connectivity index (χ0n) is 34.4. The molecule has 3 heterocycles. The molecular weight excluding hydrogens is 785 g/mol. The number of aryl methyl sites for hydroxylation is 1. The monoisotopic (exact) mass is 832 g/mol. The lowest BCUT2D eigenvalue weighted by atomic mass is 10.0. The maximum absolute atomic E-state index is 14.9. The number of hydrogen-bond donors (Lipinski definition) is 2. The molecule has 0 aliphatic carbocycles. The van der Waals surface area contributed by atoms with E-state index in [0.717, 1.165) is 39.6 Å². The molecule has 2 bridgehead atoms. The fourth-order valence-electron chi connectivity index (χ4n) is 7.82. The van der Waals surface area contributed by atoms with Crippen LogP contribution in [0.2, 0.25) is 0 Å². The van der Waals surface area contributed by atoms with Gasteiger partial charge in [-0.25, -0.2) is 14.6 Å². The van der Waals surface area contributed by atoms with E-state index < -0.39 is 48.1 Å². The highest BCUT2D eigenvalue weighted by atomic mass is 16.5. The summed E-state index contributed by atoms with van der Waals surface area (Å²) in [4.78, 5) is 63.0. The summed E-state index contributed by atoms with van der Waals surface area (Å²) >= 11 is 0. The van der Waals surface area contributed by atoms with Crippen LogP contribution in [0.5, 0.6) is 11.5 Å². The van der Waals surface area contributed by atoms with E-state index in [1.165, 1.54) is 4.90 Å². The molecule has 0 radical (unpaired) electrons. The van der Waals surface area contributed by atoms with Crippen molar-refractivity contribution in [2.45, 2.75) is 70.1 Å². The Morgan fingerprint density at radius 2 is 1.52 bits per heavy atom. The number of rotatable bonds is 10. The molecule has 1 saturated heterocycles. The zero-order valence-corrected chi connectivity index (χ0v) is 34.4. The van der Waals surface area contributed by atoms with Gasteiger partial charge in [0.25, 0.3) is 0 Å². The Bertz CT molecular complexity index is 2520. The number of nitrogens with one attached hydrogen (secondary N) is 2. The normalized spacial score (nSPS) is 19.0. The summed E-state index contributed by atoms with van der Waals surface area (Å²) in [6.07, 6.45) is -0.350. The van der Waals surface area contributed by atoms with Gasteiger partial charge in [0.05, 0.1) is 24.4 Å². The van der Waals surface area contributed by atoms with Crippen molar-refractivity contribution in [3.63, 3.8) is 0 Å². The van der Waals surface area contributed by atoms with Crippen molar-refractivity contribution in [1.82, 2.24) is 20.5 Å². The number of carbonyl (C=O) groups excluding carboxylic acids is 4. The largest absolute Gasteiger partial charge is 0.493 e. The van der Waals surface area contributed by atoms with Gasteiger partial charge in [-0.15, -0.1) is 0 Å². The third-order valence-corrected chi connectivity index (χ3v) is 11.1. The molecule has 12 heteroatoms. The van der Waals surface area contributed by atoms with Gasteiger partial charge in [-0.1, -0.05) is 116 Å². The van der Waals surface area contributed by atoms with E-state index in [-0.39, 0.29) is 45.6 Å². The van der Waals surface area contributed by atoms with Crippen LogP contribution >= 0.6 is 0 Å². The van der Waals surface area contributed by atoms with E-state index in [1.807, 2.05) is 121 Å². The van der Waals surface area contributed by atoms with Gasteiger partial charge in [0.2, 0.25) is 11.8 Å². The highest BCUT2D eigenvalue weighted by Gasteiger charge is 2.44. The van der Waals surface area contributed by atoms with Crippen molar-refractivity contribution in [1.29, 1.82) is 0 Å². The second kappa shape index (κ2) is 19.4. The molecule has 3 amide bonds. The molecule has 0 spiro atoms. The maximum Gasteiger partial charge on any atom is 0.408 e. The first-order chi connectivity index (χ1) is 30.3. The number of amides is 3. The predicted molar refractivity (Wildman–Crippen MR) is 233 cm³/mol. The third-order valence-electron chi connectivity index (χ3n) is 11.1. The van der Waals surface area contributed by atoms with Crippen LogP contribution in [0.4, 0.5) is 4.79 Å². The van der Waals surface area contributed by atoms with E-state index in [4.69, 9.17) is 23.9 Å². The Morgan fingerprint density at radius 3 is 2.24 bits per heavy atom. The minimum atomic E-state index is -1.14. The molecule has 1 fully saturated rings. The third kappa shape index (κ3) is 10.2. The number of benzene rings is 5. The molecule has 2 aliphatic rings. The van der Waals surface area contributed by atoms with Gasteiger partial charge in [-0.05, 0) is 52.9 Å². The number of ether oxygens (including phenoxy) is 4. The van der Waals surface area contributed by atoms with Gasteiger partial charge >= 0.3 is 12.1 Å². The van der Waals surface area contributed by atoms with E-state index >= 15 is 0 Å². The Labute approximate surface area is 360 Å². The molecule has 5 aromatic carbocycles. The summed E-state index contributed by atoms with van der Waals surface area (Å²) in [5.41, 5.74) is 5.77. The lowest BCUT2D eigenvalue weighted by Crippen LogP contribution is -2.56. The number of fused-ring (bicyclic) bond motifs is 4. The molecule has 12 nitrogen and oxygen atoms in total.